The number of aryl methyl sites for hydroxylation is 1. The summed E-state index contributed by atoms with van der Waals surface area (Å²) in [7, 11) is 1.62. The molecule has 0 bridgehead atoms. The highest BCUT2D eigenvalue weighted by Crippen LogP contribution is 2.37. The molecule has 1 N–H and O–H groups in total. The van der Waals surface area contributed by atoms with Crippen molar-refractivity contribution in [2.75, 3.05) is 20.2 Å². The van der Waals surface area contributed by atoms with Crippen molar-refractivity contribution in [2.24, 2.45) is 11.3 Å². The van der Waals surface area contributed by atoms with Crippen molar-refractivity contribution in [2.45, 2.75) is 33.6 Å². The molecule has 1 aliphatic heterocycles. The molecular weight excluding hydrogens is 250 g/mol. The van der Waals surface area contributed by atoms with Crippen LogP contribution < -0.4 is 10.1 Å². The van der Waals surface area contributed by atoms with Gasteiger partial charge in [0.05, 0.1) is 12.7 Å². The lowest BCUT2D eigenvalue weighted by Gasteiger charge is -2.36. The fourth-order valence-corrected chi connectivity index (χ4v) is 3.00. The highest BCUT2D eigenvalue weighted by atomic mass is 16.5. The van der Waals surface area contributed by atoms with Gasteiger partial charge in [-0.05, 0) is 50.9 Å². The van der Waals surface area contributed by atoms with E-state index in [1.165, 1.54) is 0 Å². The smallest absolute Gasteiger partial charge is 0.172 e. The van der Waals surface area contributed by atoms with E-state index in [9.17, 15) is 4.79 Å². The predicted molar refractivity (Wildman–Crippen MR) is 81.4 cm³/mol. The minimum absolute atomic E-state index is 0.187. The molecule has 0 aromatic heterocycles. The Morgan fingerprint density at radius 3 is 2.75 bits per heavy atom. The van der Waals surface area contributed by atoms with Gasteiger partial charge in [-0.1, -0.05) is 25.5 Å². The molecule has 0 aliphatic carbocycles. The maximum Gasteiger partial charge on any atom is 0.172 e. The number of Topliss-reactive ketones (excluding diaryl/α,β-unsaturated/α-hetero) is 1. The van der Waals surface area contributed by atoms with Gasteiger partial charge in [-0.25, -0.2) is 0 Å². The number of carbonyl (C=O) groups is 1. The molecule has 1 aromatic carbocycles. The van der Waals surface area contributed by atoms with E-state index in [0.717, 1.165) is 31.5 Å². The maximum atomic E-state index is 13.0. The molecule has 3 nitrogen and oxygen atoms in total. The summed E-state index contributed by atoms with van der Waals surface area (Å²) in [4.78, 5) is 13.0. The van der Waals surface area contributed by atoms with Crippen molar-refractivity contribution in [1.29, 1.82) is 0 Å². The Hall–Kier alpha value is -1.35. The molecule has 1 aromatic rings. The molecule has 1 saturated heterocycles. The zero-order chi connectivity index (χ0) is 14.8. The molecule has 3 heteroatoms. The van der Waals surface area contributed by atoms with E-state index in [4.69, 9.17) is 4.74 Å². The first-order valence-electron chi connectivity index (χ1n) is 7.37. The minimum atomic E-state index is -0.367. The highest BCUT2D eigenvalue weighted by molar-refractivity contribution is 6.02. The number of methoxy groups -OCH3 is 1. The summed E-state index contributed by atoms with van der Waals surface area (Å²) in [6.45, 7) is 8.12. The molecule has 110 valence electrons. The van der Waals surface area contributed by atoms with Gasteiger partial charge in [-0.2, -0.15) is 0 Å². The lowest BCUT2D eigenvalue weighted by atomic mass is 9.70. The summed E-state index contributed by atoms with van der Waals surface area (Å²) in [5.41, 5.74) is 1.43. The van der Waals surface area contributed by atoms with Gasteiger partial charge in [0.2, 0.25) is 0 Å². The summed E-state index contributed by atoms with van der Waals surface area (Å²) in [6.07, 6.45) is 2.26. The standard InChI is InChI=1S/C17H25NO2/c1-12-7-8-15(20-4)14(10-12)16(19)17(2,3)13-6-5-9-18-11-13/h7-8,10,13,18H,5-6,9,11H2,1-4H3. The van der Waals surface area contributed by atoms with E-state index in [2.05, 4.69) is 19.2 Å². The molecule has 1 fully saturated rings. The molecule has 1 atom stereocenters. The summed E-state index contributed by atoms with van der Waals surface area (Å²) in [5, 5.41) is 3.40. The van der Waals surface area contributed by atoms with Crippen LogP contribution >= 0.6 is 0 Å². The normalized spacial score (nSPS) is 19.7. The number of ether oxygens (including phenoxy) is 1. The Labute approximate surface area is 121 Å². The van der Waals surface area contributed by atoms with Crippen LogP contribution in [0.5, 0.6) is 5.75 Å². The van der Waals surface area contributed by atoms with E-state index in [1.807, 2.05) is 25.1 Å². The second kappa shape index (κ2) is 5.96. The summed E-state index contributed by atoms with van der Waals surface area (Å²) < 4.78 is 5.37. The van der Waals surface area contributed by atoms with Gasteiger partial charge in [-0.15, -0.1) is 0 Å². The molecule has 0 saturated carbocycles. The van der Waals surface area contributed by atoms with Crippen LogP contribution in [0.25, 0.3) is 0 Å². The van der Waals surface area contributed by atoms with Gasteiger partial charge >= 0.3 is 0 Å². The monoisotopic (exact) mass is 275 g/mol. The first-order valence-corrected chi connectivity index (χ1v) is 7.37. The van der Waals surface area contributed by atoms with Gasteiger partial charge in [0.1, 0.15) is 5.75 Å². The topological polar surface area (TPSA) is 38.3 Å². The average Bonchev–Trinajstić information content (AvgIpc) is 2.47. The number of piperidine rings is 1. The lowest BCUT2D eigenvalue weighted by Crippen LogP contribution is -2.42. The Morgan fingerprint density at radius 1 is 1.40 bits per heavy atom. The van der Waals surface area contributed by atoms with Crippen LogP contribution in [-0.4, -0.2) is 26.0 Å². The maximum absolute atomic E-state index is 13.0. The molecule has 20 heavy (non-hydrogen) atoms. The third-order valence-electron chi connectivity index (χ3n) is 4.50. The number of benzene rings is 1. The van der Waals surface area contributed by atoms with Gasteiger partial charge in [0.15, 0.2) is 5.78 Å². The molecule has 1 aliphatic rings. The van der Waals surface area contributed by atoms with Crippen molar-refractivity contribution >= 4 is 5.78 Å². The Kier molecular flexibility index (Phi) is 4.48. The number of nitrogens with one attached hydrogen (secondary N) is 1. The number of carbonyl (C=O) groups excluding carboxylic acids is 1. The summed E-state index contributed by atoms with van der Waals surface area (Å²) >= 11 is 0. The highest BCUT2D eigenvalue weighted by Gasteiger charge is 2.38. The van der Waals surface area contributed by atoms with Gasteiger partial charge < -0.3 is 10.1 Å². The third-order valence-corrected chi connectivity index (χ3v) is 4.50. The SMILES string of the molecule is COc1ccc(C)cc1C(=O)C(C)(C)C1CCCNC1. The van der Waals surface area contributed by atoms with Crippen LogP contribution in [0, 0.1) is 18.3 Å². The van der Waals surface area contributed by atoms with Crippen molar-refractivity contribution in [3.63, 3.8) is 0 Å². The van der Waals surface area contributed by atoms with E-state index in [1.54, 1.807) is 7.11 Å². The number of ketones is 1. The molecule has 1 unspecified atom stereocenters. The van der Waals surface area contributed by atoms with Gasteiger partial charge in [-0.3, -0.25) is 4.79 Å². The summed E-state index contributed by atoms with van der Waals surface area (Å²) in [5.74, 6) is 1.25. The zero-order valence-corrected chi connectivity index (χ0v) is 13.0. The quantitative estimate of drug-likeness (QED) is 0.858. The van der Waals surface area contributed by atoms with E-state index in [-0.39, 0.29) is 11.2 Å². The van der Waals surface area contributed by atoms with Crippen LogP contribution in [-0.2, 0) is 0 Å². The molecule has 0 amide bonds. The first kappa shape index (κ1) is 15.0. The molecule has 1 heterocycles. The molecular formula is C17H25NO2. The minimum Gasteiger partial charge on any atom is -0.496 e. The average molecular weight is 275 g/mol. The van der Waals surface area contributed by atoms with E-state index >= 15 is 0 Å². The fraction of sp³-hybridized carbons (Fsp3) is 0.588. The third kappa shape index (κ3) is 2.88. The van der Waals surface area contributed by atoms with Crippen LogP contribution in [0.15, 0.2) is 18.2 Å². The Balaban J connectivity index is 2.31. The number of hydrogen-bond donors (Lipinski definition) is 1. The molecule has 0 spiro atoms. The van der Waals surface area contributed by atoms with Crippen LogP contribution in [0.3, 0.4) is 0 Å². The molecule has 2 rings (SSSR count). The number of hydrogen-bond acceptors (Lipinski definition) is 3. The van der Waals surface area contributed by atoms with E-state index < -0.39 is 0 Å². The summed E-state index contributed by atoms with van der Waals surface area (Å²) in [6, 6.07) is 5.81. The Morgan fingerprint density at radius 2 is 2.15 bits per heavy atom. The number of rotatable bonds is 4. The second-order valence-corrected chi connectivity index (χ2v) is 6.30. The molecule has 0 radical (unpaired) electrons. The van der Waals surface area contributed by atoms with Crippen molar-refractivity contribution in [3.8, 4) is 5.75 Å². The zero-order valence-electron chi connectivity index (χ0n) is 13.0. The van der Waals surface area contributed by atoms with Gasteiger partial charge in [0.25, 0.3) is 0 Å². The van der Waals surface area contributed by atoms with Crippen LogP contribution in [0.2, 0.25) is 0 Å². The first-order chi connectivity index (χ1) is 9.46. The lowest BCUT2D eigenvalue weighted by molar-refractivity contribution is 0.0705. The van der Waals surface area contributed by atoms with Crippen LogP contribution in [0.1, 0.15) is 42.6 Å². The fourth-order valence-electron chi connectivity index (χ4n) is 3.00. The van der Waals surface area contributed by atoms with Crippen molar-refractivity contribution < 1.29 is 9.53 Å². The van der Waals surface area contributed by atoms with Gasteiger partial charge in [0, 0.05) is 5.41 Å². The second-order valence-electron chi connectivity index (χ2n) is 6.30. The van der Waals surface area contributed by atoms with Crippen molar-refractivity contribution in [1.82, 2.24) is 5.32 Å². The van der Waals surface area contributed by atoms with Crippen LogP contribution in [0.4, 0.5) is 0 Å². The van der Waals surface area contributed by atoms with E-state index in [0.29, 0.717) is 17.2 Å². The Bertz CT molecular complexity index is 488. The van der Waals surface area contributed by atoms with Crippen molar-refractivity contribution in [3.05, 3.63) is 29.3 Å². The predicted octanol–water partition coefficient (Wildman–Crippen LogP) is 3.21. The largest absolute Gasteiger partial charge is 0.496 e.